The van der Waals surface area contributed by atoms with Gasteiger partial charge in [-0.3, -0.25) is 9.69 Å². The topological polar surface area (TPSA) is 70.1 Å². The van der Waals surface area contributed by atoms with Crippen LogP contribution >= 0.6 is 0 Å². The molecule has 0 spiro atoms. The van der Waals surface area contributed by atoms with Crippen LogP contribution in [0.25, 0.3) is 0 Å². The van der Waals surface area contributed by atoms with Gasteiger partial charge in [-0.05, 0) is 30.2 Å². The molecule has 1 heterocycles. The SMILES string of the molecule is Cc1cccc(CN2CC(OCc3cccc(F)c3)CN(C(=O)O)CC2=O)c1. The van der Waals surface area contributed by atoms with Crippen molar-refractivity contribution in [2.24, 2.45) is 0 Å². The number of nitrogens with zero attached hydrogens (tertiary/aromatic N) is 2. The second-order valence-electron chi connectivity index (χ2n) is 6.99. The van der Waals surface area contributed by atoms with E-state index in [1.807, 2.05) is 31.2 Å². The van der Waals surface area contributed by atoms with E-state index in [4.69, 9.17) is 4.74 Å². The number of hydrogen-bond acceptors (Lipinski definition) is 3. The lowest BCUT2D eigenvalue weighted by Gasteiger charge is -2.24. The fraction of sp³-hybridized carbons (Fsp3) is 0.333. The van der Waals surface area contributed by atoms with Gasteiger partial charge in [-0.15, -0.1) is 0 Å². The van der Waals surface area contributed by atoms with Gasteiger partial charge in [-0.2, -0.15) is 0 Å². The Balaban J connectivity index is 1.73. The summed E-state index contributed by atoms with van der Waals surface area (Å²) in [6.07, 6.45) is -1.67. The molecular formula is C21H23FN2O4. The summed E-state index contributed by atoms with van der Waals surface area (Å²) < 4.78 is 19.2. The Morgan fingerprint density at radius 3 is 2.64 bits per heavy atom. The Morgan fingerprint density at radius 1 is 1.18 bits per heavy atom. The van der Waals surface area contributed by atoms with Crippen LogP contribution in [0, 0.1) is 12.7 Å². The first-order valence-corrected chi connectivity index (χ1v) is 9.08. The Labute approximate surface area is 163 Å². The summed E-state index contributed by atoms with van der Waals surface area (Å²) in [5.41, 5.74) is 2.72. The van der Waals surface area contributed by atoms with Crippen LogP contribution in [-0.4, -0.2) is 52.6 Å². The summed E-state index contributed by atoms with van der Waals surface area (Å²) in [4.78, 5) is 26.8. The fourth-order valence-electron chi connectivity index (χ4n) is 3.25. The average Bonchev–Trinajstić information content (AvgIpc) is 2.79. The largest absolute Gasteiger partial charge is 0.465 e. The molecule has 1 saturated heterocycles. The molecule has 0 saturated carbocycles. The number of carboxylic acid groups (broad SMARTS) is 1. The number of amides is 2. The maximum atomic E-state index is 13.4. The van der Waals surface area contributed by atoms with E-state index in [0.29, 0.717) is 12.1 Å². The molecule has 0 radical (unpaired) electrons. The average molecular weight is 386 g/mol. The minimum absolute atomic E-state index is 0.0840. The lowest BCUT2D eigenvalue weighted by atomic mass is 10.1. The van der Waals surface area contributed by atoms with E-state index in [9.17, 15) is 19.1 Å². The first-order valence-electron chi connectivity index (χ1n) is 9.08. The highest BCUT2D eigenvalue weighted by atomic mass is 19.1. The normalized spacial score (nSPS) is 17.5. The van der Waals surface area contributed by atoms with E-state index in [2.05, 4.69) is 0 Å². The van der Waals surface area contributed by atoms with Crippen LogP contribution in [0.3, 0.4) is 0 Å². The highest BCUT2D eigenvalue weighted by Gasteiger charge is 2.30. The molecule has 2 aromatic carbocycles. The first kappa shape index (κ1) is 19.8. The highest BCUT2D eigenvalue weighted by Crippen LogP contribution is 2.15. The van der Waals surface area contributed by atoms with Gasteiger partial charge in [0.1, 0.15) is 12.4 Å². The molecule has 6 nitrogen and oxygen atoms in total. The second-order valence-corrected chi connectivity index (χ2v) is 6.99. The van der Waals surface area contributed by atoms with Crippen LogP contribution in [0.2, 0.25) is 0 Å². The van der Waals surface area contributed by atoms with Gasteiger partial charge in [-0.25, -0.2) is 9.18 Å². The monoisotopic (exact) mass is 386 g/mol. The summed E-state index contributed by atoms with van der Waals surface area (Å²) in [6, 6.07) is 13.9. The molecule has 2 aromatic rings. The van der Waals surface area contributed by atoms with E-state index in [-0.39, 0.29) is 38.0 Å². The van der Waals surface area contributed by atoms with Crippen LogP contribution in [-0.2, 0) is 22.7 Å². The predicted octanol–water partition coefficient (Wildman–Crippen LogP) is 3.04. The third-order valence-corrected chi connectivity index (χ3v) is 4.63. The van der Waals surface area contributed by atoms with Crippen LogP contribution in [0.15, 0.2) is 48.5 Å². The lowest BCUT2D eigenvalue weighted by Crippen LogP contribution is -2.38. The molecule has 1 fully saturated rings. The number of ether oxygens (including phenoxy) is 1. The minimum Gasteiger partial charge on any atom is -0.465 e. The Kier molecular flexibility index (Phi) is 6.26. The van der Waals surface area contributed by atoms with Crippen molar-refractivity contribution in [2.45, 2.75) is 26.2 Å². The van der Waals surface area contributed by atoms with Gasteiger partial charge in [0.15, 0.2) is 0 Å². The van der Waals surface area contributed by atoms with E-state index in [1.54, 1.807) is 17.0 Å². The fourth-order valence-corrected chi connectivity index (χ4v) is 3.25. The molecule has 1 N–H and O–H groups in total. The van der Waals surface area contributed by atoms with Gasteiger partial charge >= 0.3 is 6.09 Å². The van der Waals surface area contributed by atoms with Crippen molar-refractivity contribution in [2.75, 3.05) is 19.6 Å². The number of benzene rings is 2. The molecule has 1 atom stereocenters. The number of halogens is 1. The van der Waals surface area contributed by atoms with E-state index in [1.165, 1.54) is 12.1 Å². The van der Waals surface area contributed by atoms with Crippen molar-refractivity contribution in [1.29, 1.82) is 0 Å². The maximum absolute atomic E-state index is 13.4. The molecule has 0 bridgehead atoms. The first-order chi connectivity index (χ1) is 13.4. The summed E-state index contributed by atoms with van der Waals surface area (Å²) in [6.45, 7) is 2.65. The van der Waals surface area contributed by atoms with Crippen LogP contribution in [0.5, 0.6) is 0 Å². The third kappa shape index (κ3) is 5.29. The zero-order valence-electron chi connectivity index (χ0n) is 15.7. The van der Waals surface area contributed by atoms with Gasteiger partial charge in [0.05, 0.1) is 19.3 Å². The Hall–Kier alpha value is -2.93. The number of carbonyl (C=O) groups is 2. The molecule has 7 heteroatoms. The molecular weight excluding hydrogens is 363 g/mol. The van der Waals surface area contributed by atoms with Crippen molar-refractivity contribution in [3.05, 3.63) is 71.0 Å². The van der Waals surface area contributed by atoms with Crippen molar-refractivity contribution < 1.29 is 23.8 Å². The molecule has 1 aliphatic heterocycles. The molecule has 0 aliphatic carbocycles. The number of hydrogen-bond donors (Lipinski definition) is 1. The van der Waals surface area contributed by atoms with Crippen LogP contribution in [0.4, 0.5) is 9.18 Å². The number of rotatable bonds is 5. The number of carbonyl (C=O) groups excluding carboxylic acids is 1. The lowest BCUT2D eigenvalue weighted by molar-refractivity contribution is -0.132. The smallest absolute Gasteiger partial charge is 0.407 e. The van der Waals surface area contributed by atoms with Gasteiger partial charge in [0, 0.05) is 13.1 Å². The second kappa shape index (κ2) is 8.84. The van der Waals surface area contributed by atoms with Crippen molar-refractivity contribution in [3.8, 4) is 0 Å². The molecule has 1 unspecified atom stereocenters. The quantitative estimate of drug-likeness (QED) is 0.858. The molecule has 148 valence electrons. The molecule has 1 aliphatic rings. The third-order valence-electron chi connectivity index (χ3n) is 4.63. The Morgan fingerprint density at radius 2 is 1.93 bits per heavy atom. The van der Waals surface area contributed by atoms with Crippen LogP contribution < -0.4 is 0 Å². The van der Waals surface area contributed by atoms with Crippen LogP contribution in [0.1, 0.15) is 16.7 Å². The zero-order chi connectivity index (χ0) is 20.1. The van der Waals surface area contributed by atoms with Crippen molar-refractivity contribution in [3.63, 3.8) is 0 Å². The van der Waals surface area contributed by atoms with Crippen molar-refractivity contribution >= 4 is 12.0 Å². The van der Waals surface area contributed by atoms with Gasteiger partial charge in [0.25, 0.3) is 0 Å². The van der Waals surface area contributed by atoms with E-state index < -0.39 is 12.2 Å². The zero-order valence-corrected chi connectivity index (χ0v) is 15.7. The highest BCUT2D eigenvalue weighted by molar-refractivity contribution is 5.82. The summed E-state index contributed by atoms with van der Waals surface area (Å²) >= 11 is 0. The minimum atomic E-state index is -1.16. The summed E-state index contributed by atoms with van der Waals surface area (Å²) in [5.74, 6) is -0.619. The molecule has 3 rings (SSSR count). The molecule has 0 aromatic heterocycles. The molecule has 28 heavy (non-hydrogen) atoms. The van der Waals surface area contributed by atoms with E-state index in [0.717, 1.165) is 16.0 Å². The number of aryl methyl sites for hydroxylation is 1. The van der Waals surface area contributed by atoms with Crippen molar-refractivity contribution in [1.82, 2.24) is 9.80 Å². The van der Waals surface area contributed by atoms with E-state index >= 15 is 0 Å². The van der Waals surface area contributed by atoms with Gasteiger partial charge < -0.3 is 14.7 Å². The standard InChI is InChI=1S/C21H23FN2O4/c1-15-4-2-5-16(8-15)10-23-11-19(12-24(21(26)27)13-20(23)25)28-14-17-6-3-7-18(22)9-17/h2-9,19H,10-14H2,1H3,(H,26,27). The van der Waals surface area contributed by atoms with Gasteiger partial charge in [-0.1, -0.05) is 42.0 Å². The predicted molar refractivity (Wildman–Crippen MR) is 101 cm³/mol. The molecule has 2 amide bonds. The maximum Gasteiger partial charge on any atom is 0.407 e. The summed E-state index contributed by atoms with van der Waals surface area (Å²) in [5, 5.41) is 9.38. The van der Waals surface area contributed by atoms with Gasteiger partial charge in [0.2, 0.25) is 5.91 Å². The Bertz CT molecular complexity index is 858. The summed E-state index contributed by atoms with van der Waals surface area (Å²) in [7, 11) is 0.